The molecule has 0 bridgehead atoms. The molecule has 29 heavy (non-hydrogen) atoms. The van der Waals surface area contributed by atoms with Gasteiger partial charge in [-0.3, -0.25) is 14.5 Å². The van der Waals surface area contributed by atoms with Crippen LogP contribution in [0.5, 0.6) is 0 Å². The highest BCUT2D eigenvalue weighted by Gasteiger charge is 2.28. The van der Waals surface area contributed by atoms with Crippen LogP contribution in [0.25, 0.3) is 0 Å². The van der Waals surface area contributed by atoms with E-state index in [1.54, 1.807) is 0 Å². The number of likely N-dealkylation sites (N-methyl/N-ethyl adjacent to an activating group) is 1. The lowest BCUT2D eigenvalue weighted by molar-refractivity contribution is -0.131. The number of amides is 2. The Morgan fingerprint density at radius 3 is 2.45 bits per heavy atom. The number of anilines is 1. The van der Waals surface area contributed by atoms with Crippen molar-refractivity contribution in [1.29, 1.82) is 0 Å². The minimum atomic E-state index is -0.283. The average Bonchev–Trinajstić information content (AvgIpc) is 3.12. The van der Waals surface area contributed by atoms with E-state index in [1.165, 1.54) is 6.92 Å². The largest absolute Gasteiger partial charge is 0.392 e. The fraction of sp³-hybridized carbons (Fsp3) is 0.391. The Hall–Kier alpha value is -2.70. The van der Waals surface area contributed by atoms with Gasteiger partial charge >= 0.3 is 0 Å². The number of aliphatic hydroxyl groups is 1. The van der Waals surface area contributed by atoms with Gasteiger partial charge in [-0.25, -0.2) is 0 Å². The van der Waals surface area contributed by atoms with E-state index in [0.717, 1.165) is 29.8 Å². The summed E-state index contributed by atoms with van der Waals surface area (Å²) in [7, 11) is 1.85. The van der Waals surface area contributed by atoms with Crippen molar-refractivity contribution in [2.75, 3.05) is 32.0 Å². The third-order valence-electron chi connectivity index (χ3n) is 5.35. The summed E-state index contributed by atoms with van der Waals surface area (Å²) in [6, 6.07) is 17.3. The number of carbonyl (C=O) groups excluding carboxylic acids is 2. The zero-order valence-electron chi connectivity index (χ0n) is 17.0. The molecule has 2 N–H and O–H groups in total. The zero-order chi connectivity index (χ0) is 20.8. The summed E-state index contributed by atoms with van der Waals surface area (Å²) in [5.41, 5.74) is 2.71. The monoisotopic (exact) mass is 395 g/mol. The Balaban J connectivity index is 1.70. The van der Waals surface area contributed by atoms with Crippen molar-refractivity contribution in [3.8, 4) is 0 Å². The molecule has 0 aliphatic carbocycles. The molecular formula is C23H29N3O3. The summed E-state index contributed by atoms with van der Waals surface area (Å²) >= 11 is 0. The molecule has 0 aromatic heterocycles. The molecular weight excluding hydrogens is 366 g/mol. The van der Waals surface area contributed by atoms with Crippen LogP contribution in [0.1, 0.15) is 30.5 Å². The number of aliphatic hydroxyl groups excluding tert-OH is 1. The molecule has 1 heterocycles. The minimum Gasteiger partial charge on any atom is -0.392 e. The predicted molar refractivity (Wildman–Crippen MR) is 113 cm³/mol. The van der Waals surface area contributed by atoms with Crippen LogP contribution in [0, 0.1) is 0 Å². The van der Waals surface area contributed by atoms with E-state index in [0.29, 0.717) is 19.5 Å². The van der Waals surface area contributed by atoms with Crippen molar-refractivity contribution in [2.45, 2.75) is 31.9 Å². The molecule has 3 rings (SSSR count). The Labute approximate surface area is 172 Å². The highest BCUT2D eigenvalue weighted by molar-refractivity contribution is 5.88. The first-order valence-electron chi connectivity index (χ1n) is 10.00. The maximum atomic E-state index is 13.0. The molecule has 2 aromatic rings. The molecule has 1 unspecified atom stereocenters. The first kappa shape index (κ1) is 21.0. The van der Waals surface area contributed by atoms with Crippen molar-refractivity contribution in [3.63, 3.8) is 0 Å². The molecule has 1 aliphatic heterocycles. The van der Waals surface area contributed by atoms with Crippen molar-refractivity contribution >= 4 is 17.5 Å². The first-order chi connectivity index (χ1) is 13.9. The molecule has 154 valence electrons. The van der Waals surface area contributed by atoms with E-state index in [9.17, 15) is 14.7 Å². The molecule has 6 heteroatoms. The Morgan fingerprint density at radius 1 is 1.17 bits per heavy atom. The third-order valence-corrected chi connectivity index (χ3v) is 5.35. The smallest absolute Gasteiger partial charge is 0.227 e. The van der Waals surface area contributed by atoms with Crippen LogP contribution in [-0.4, -0.2) is 59.5 Å². The molecule has 1 fully saturated rings. The third kappa shape index (κ3) is 5.89. The standard InChI is InChI=1S/C23H29N3O3/c1-17(27)24-20-10-8-18(9-11-20)14-23(29)25(2)22(19-6-4-3-5-7-19)16-26-13-12-21(28)15-26/h3-11,21-22,28H,12-16H2,1-2H3,(H,24,27)/t21-,22?/m1/s1. The van der Waals surface area contributed by atoms with Crippen LogP contribution >= 0.6 is 0 Å². The number of nitrogens with one attached hydrogen (secondary N) is 1. The number of likely N-dealkylation sites (tertiary alicyclic amines) is 1. The van der Waals surface area contributed by atoms with Gasteiger partial charge in [-0.1, -0.05) is 42.5 Å². The number of rotatable bonds is 7. The SMILES string of the molecule is CC(=O)Nc1ccc(CC(=O)N(C)C(CN2CC[C@@H](O)C2)c2ccccc2)cc1. The first-order valence-corrected chi connectivity index (χ1v) is 10.00. The minimum absolute atomic E-state index is 0.0332. The zero-order valence-corrected chi connectivity index (χ0v) is 17.0. The van der Waals surface area contributed by atoms with Gasteiger partial charge < -0.3 is 15.3 Å². The second kappa shape index (κ2) is 9.67. The topological polar surface area (TPSA) is 72.9 Å². The Kier molecular flexibility index (Phi) is 7.01. The fourth-order valence-corrected chi connectivity index (χ4v) is 3.73. The highest BCUT2D eigenvalue weighted by Crippen LogP contribution is 2.24. The van der Waals surface area contributed by atoms with Crippen molar-refractivity contribution < 1.29 is 14.7 Å². The highest BCUT2D eigenvalue weighted by atomic mass is 16.3. The van der Waals surface area contributed by atoms with Crippen LogP contribution in [0.4, 0.5) is 5.69 Å². The molecule has 6 nitrogen and oxygen atoms in total. The number of nitrogens with zero attached hydrogens (tertiary/aromatic N) is 2. The summed E-state index contributed by atoms with van der Waals surface area (Å²) in [4.78, 5) is 28.2. The second-order valence-corrected chi connectivity index (χ2v) is 7.69. The maximum Gasteiger partial charge on any atom is 0.227 e. The van der Waals surface area contributed by atoms with E-state index in [2.05, 4.69) is 10.2 Å². The van der Waals surface area contributed by atoms with Crippen molar-refractivity contribution in [2.24, 2.45) is 0 Å². The van der Waals surface area contributed by atoms with Gasteiger partial charge in [0.25, 0.3) is 0 Å². The molecule has 2 aromatic carbocycles. The molecule has 1 aliphatic rings. The summed E-state index contributed by atoms with van der Waals surface area (Å²) in [5.74, 6) is -0.0860. The van der Waals surface area contributed by atoms with E-state index < -0.39 is 0 Å². The Bertz CT molecular complexity index is 823. The van der Waals surface area contributed by atoms with Gasteiger partial charge in [-0.15, -0.1) is 0 Å². The average molecular weight is 396 g/mol. The number of hydrogen-bond acceptors (Lipinski definition) is 4. The molecule has 2 amide bonds. The van der Waals surface area contributed by atoms with Crippen LogP contribution in [-0.2, 0) is 16.0 Å². The lowest BCUT2D eigenvalue weighted by atomic mass is 10.0. The summed E-state index contributed by atoms with van der Waals surface area (Å²) in [6.45, 7) is 3.66. The van der Waals surface area contributed by atoms with E-state index in [-0.39, 0.29) is 24.0 Å². The molecule has 1 saturated heterocycles. The van der Waals surface area contributed by atoms with Gasteiger partial charge in [0, 0.05) is 39.3 Å². The van der Waals surface area contributed by atoms with Gasteiger partial charge in [0.15, 0.2) is 0 Å². The maximum absolute atomic E-state index is 13.0. The Morgan fingerprint density at radius 2 is 1.86 bits per heavy atom. The molecule has 0 radical (unpaired) electrons. The lowest BCUT2D eigenvalue weighted by Gasteiger charge is -2.32. The van der Waals surface area contributed by atoms with Crippen LogP contribution in [0.2, 0.25) is 0 Å². The predicted octanol–water partition coefficient (Wildman–Crippen LogP) is 2.45. The normalized spacial score (nSPS) is 17.7. The summed E-state index contributed by atoms with van der Waals surface area (Å²) in [6.07, 6.45) is 0.789. The number of carbonyl (C=O) groups is 2. The van der Waals surface area contributed by atoms with E-state index in [4.69, 9.17) is 0 Å². The quantitative estimate of drug-likeness (QED) is 0.755. The van der Waals surface area contributed by atoms with Crippen molar-refractivity contribution in [3.05, 3.63) is 65.7 Å². The van der Waals surface area contributed by atoms with Crippen LogP contribution in [0.15, 0.2) is 54.6 Å². The van der Waals surface area contributed by atoms with Crippen LogP contribution < -0.4 is 5.32 Å². The van der Waals surface area contributed by atoms with Crippen LogP contribution in [0.3, 0.4) is 0 Å². The van der Waals surface area contributed by atoms with Gasteiger partial charge in [-0.2, -0.15) is 0 Å². The van der Waals surface area contributed by atoms with Crippen molar-refractivity contribution in [1.82, 2.24) is 9.80 Å². The summed E-state index contributed by atoms with van der Waals surface area (Å²) in [5, 5.41) is 12.6. The number of β-amino-alcohol motifs (C(OH)–C–C–N with tert-alkyl or cyclic N) is 1. The lowest BCUT2D eigenvalue weighted by Crippen LogP contribution is -2.39. The number of hydrogen-bond donors (Lipinski definition) is 2. The van der Waals surface area contributed by atoms with Gasteiger partial charge in [0.2, 0.25) is 11.8 Å². The van der Waals surface area contributed by atoms with Gasteiger partial charge in [-0.05, 0) is 29.7 Å². The molecule has 0 saturated carbocycles. The fourth-order valence-electron chi connectivity index (χ4n) is 3.73. The summed E-state index contributed by atoms with van der Waals surface area (Å²) < 4.78 is 0. The second-order valence-electron chi connectivity index (χ2n) is 7.69. The molecule has 0 spiro atoms. The van der Waals surface area contributed by atoms with Gasteiger partial charge in [0.05, 0.1) is 18.6 Å². The van der Waals surface area contributed by atoms with E-state index >= 15 is 0 Å². The van der Waals surface area contributed by atoms with Gasteiger partial charge in [0.1, 0.15) is 0 Å². The van der Waals surface area contributed by atoms with E-state index in [1.807, 2.05) is 66.5 Å². The molecule has 2 atom stereocenters. The number of benzene rings is 2.